The van der Waals surface area contributed by atoms with Gasteiger partial charge in [-0.25, -0.2) is 4.98 Å². The summed E-state index contributed by atoms with van der Waals surface area (Å²) in [4.78, 5) is 42.9. The number of hydrogen-bond acceptors (Lipinski definition) is 8. The molecule has 1 aliphatic heterocycles. The van der Waals surface area contributed by atoms with E-state index in [1.54, 1.807) is 36.5 Å². The normalized spacial score (nSPS) is 15.8. The Labute approximate surface area is 203 Å². The minimum absolute atomic E-state index is 0.0549. The standard InChI is InChI=1S/C23H20N4O5S2/c28-16(14-6-2-1-3-7-14)13-24-20-15(21(31)26-10-5-4-8-18(26)25-20)12-17-22(32)27(23(33)34-17)11-9-19(29)30/h1-8,10,12,16,24,28H,9,11,13H2,(H,29,30)/b17-12-. The first-order valence-corrected chi connectivity index (χ1v) is 11.5. The van der Waals surface area contributed by atoms with E-state index in [1.807, 2.05) is 18.2 Å². The lowest BCUT2D eigenvalue weighted by atomic mass is 10.1. The minimum Gasteiger partial charge on any atom is -0.481 e. The zero-order chi connectivity index (χ0) is 24.2. The first-order valence-electron chi connectivity index (χ1n) is 10.3. The van der Waals surface area contributed by atoms with Crippen molar-refractivity contribution in [2.75, 3.05) is 18.4 Å². The van der Waals surface area contributed by atoms with Gasteiger partial charge in [0.1, 0.15) is 15.8 Å². The van der Waals surface area contributed by atoms with Gasteiger partial charge < -0.3 is 15.5 Å². The van der Waals surface area contributed by atoms with Crippen molar-refractivity contribution in [2.24, 2.45) is 0 Å². The van der Waals surface area contributed by atoms with E-state index in [4.69, 9.17) is 17.3 Å². The number of amides is 1. The summed E-state index contributed by atoms with van der Waals surface area (Å²) in [6, 6.07) is 14.2. The number of aliphatic hydroxyl groups excluding tert-OH is 1. The van der Waals surface area contributed by atoms with Crippen LogP contribution in [-0.4, -0.2) is 53.8 Å². The predicted octanol–water partition coefficient (Wildman–Crippen LogP) is 2.52. The van der Waals surface area contributed by atoms with Crippen molar-refractivity contribution in [1.82, 2.24) is 14.3 Å². The molecular formula is C23H20N4O5S2. The number of aliphatic hydroxyl groups is 1. The van der Waals surface area contributed by atoms with Crippen LogP contribution in [0.4, 0.5) is 5.82 Å². The van der Waals surface area contributed by atoms with Crippen LogP contribution in [0.1, 0.15) is 23.7 Å². The molecule has 0 saturated carbocycles. The number of carboxylic acid groups (broad SMARTS) is 1. The number of thioether (sulfide) groups is 1. The SMILES string of the molecule is O=C(O)CCN1C(=O)/C(=C/c2c(NCC(O)c3ccccc3)nc3ccccn3c2=O)SC1=S. The number of carboxylic acids is 1. The highest BCUT2D eigenvalue weighted by atomic mass is 32.2. The van der Waals surface area contributed by atoms with Gasteiger partial charge in [0.15, 0.2) is 0 Å². The van der Waals surface area contributed by atoms with Crippen molar-refractivity contribution >= 4 is 57.7 Å². The van der Waals surface area contributed by atoms with Crippen LogP contribution in [0.25, 0.3) is 11.7 Å². The van der Waals surface area contributed by atoms with Crippen LogP contribution in [0.3, 0.4) is 0 Å². The molecule has 3 N–H and O–H groups in total. The first kappa shape index (κ1) is 23.6. The number of carbonyl (C=O) groups excluding carboxylic acids is 1. The summed E-state index contributed by atoms with van der Waals surface area (Å²) in [7, 11) is 0. The number of aliphatic carboxylic acids is 1. The Hall–Kier alpha value is -3.54. The monoisotopic (exact) mass is 496 g/mol. The summed E-state index contributed by atoms with van der Waals surface area (Å²) in [5.74, 6) is -1.30. The lowest BCUT2D eigenvalue weighted by Gasteiger charge is -2.15. The molecular weight excluding hydrogens is 476 g/mol. The van der Waals surface area contributed by atoms with Gasteiger partial charge >= 0.3 is 5.97 Å². The number of hydrogen-bond donors (Lipinski definition) is 3. The molecule has 1 aliphatic rings. The molecule has 1 atom stereocenters. The summed E-state index contributed by atoms with van der Waals surface area (Å²) < 4.78 is 1.58. The summed E-state index contributed by atoms with van der Waals surface area (Å²) in [5.41, 5.74) is 0.824. The Morgan fingerprint density at radius 2 is 1.91 bits per heavy atom. The number of rotatable bonds is 8. The van der Waals surface area contributed by atoms with Gasteiger partial charge in [0.25, 0.3) is 11.5 Å². The zero-order valence-electron chi connectivity index (χ0n) is 17.7. The second-order valence-electron chi connectivity index (χ2n) is 7.39. The van der Waals surface area contributed by atoms with E-state index in [9.17, 15) is 19.5 Å². The maximum Gasteiger partial charge on any atom is 0.305 e. The highest BCUT2D eigenvalue weighted by Gasteiger charge is 2.32. The molecule has 0 spiro atoms. The molecule has 3 heterocycles. The van der Waals surface area contributed by atoms with E-state index in [2.05, 4.69) is 10.3 Å². The van der Waals surface area contributed by atoms with Crippen LogP contribution < -0.4 is 10.9 Å². The summed E-state index contributed by atoms with van der Waals surface area (Å²) in [5, 5.41) is 22.5. The molecule has 4 rings (SSSR count). The van der Waals surface area contributed by atoms with Gasteiger partial charge in [0, 0.05) is 19.3 Å². The second kappa shape index (κ2) is 10.2. The van der Waals surface area contributed by atoms with E-state index in [1.165, 1.54) is 15.4 Å². The second-order valence-corrected chi connectivity index (χ2v) is 9.07. The van der Waals surface area contributed by atoms with Crippen LogP contribution in [0.5, 0.6) is 0 Å². The van der Waals surface area contributed by atoms with Gasteiger partial charge in [-0.05, 0) is 23.8 Å². The maximum absolute atomic E-state index is 13.3. The minimum atomic E-state index is -1.04. The zero-order valence-corrected chi connectivity index (χ0v) is 19.4. The molecule has 174 valence electrons. The summed E-state index contributed by atoms with van der Waals surface area (Å²) in [6.07, 6.45) is 1.89. The molecule has 2 aromatic heterocycles. The number of anilines is 1. The van der Waals surface area contributed by atoms with Gasteiger partial charge in [0.2, 0.25) is 0 Å². The van der Waals surface area contributed by atoms with Gasteiger partial charge in [-0.1, -0.05) is 60.4 Å². The summed E-state index contributed by atoms with van der Waals surface area (Å²) in [6.45, 7) is 0.0283. The Morgan fingerprint density at radius 1 is 1.18 bits per heavy atom. The van der Waals surface area contributed by atoms with Crippen LogP contribution in [0.15, 0.2) is 64.4 Å². The third kappa shape index (κ3) is 5.01. The number of aromatic nitrogens is 2. The number of pyridine rings is 1. The van der Waals surface area contributed by atoms with Crippen molar-refractivity contribution in [3.63, 3.8) is 0 Å². The highest BCUT2D eigenvalue weighted by molar-refractivity contribution is 8.26. The van der Waals surface area contributed by atoms with Gasteiger partial charge in [-0.2, -0.15) is 0 Å². The molecule has 3 aromatic rings. The number of fused-ring (bicyclic) bond motifs is 1. The largest absolute Gasteiger partial charge is 0.481 e. The Balaban J connectivity index is 1.69. The molecule has 1 fully saturated rings. The molecule has 1 unspecified atom stereocenters. The topological polar surface area (TPSA) is 124 Å². The molecule has 0 aliphatic carbocycles. The van der Waals surface area contributed by atoms with Gasteiger partial charge in [-0.3, -0.25) is 23.7 Å². The average Bonchev–Trinajstić information content (AvgIpc) is 3.10. The van der Waals surface area contributed by atoms with E-state index < -0.39 is 23.5 Å². The molecule has 0 bridgehead atoms. The van der Waals surface area contributed by atoms with E-state index in [-0.39, 0.29) is 40.1 Å². The number of nitrogens with one attached hydrogen (secondary N) is 1. The molecule has 1 amide bonds. The molecule has 0 radical (unpaired) electrons. The number of thiocarbonyl (C=S) groups is 1. The van der Waals surface area contributed by atoms with Crippen molar-refractivity contribution in [2.45, 2.75) is 12.5 Å². The highest BCUT2D eigenvalue weighted by Crippen LogP contribution is 2.33. The summed E-state index contributed by atoms with van der Waals surface area (Å²) >= 11 is 6.23. The van der Waals surface area contributed by atoms with Crippen molar-refractivity contribution < 1.29 is 19.8 Å². The van der Waals surface area contributed by atoms with E-state index >= 15 is 0 Å². The maximum atomic E-state index is 13.3. The fraction of sp³-hybridized carbons (Fsp3) is 0.174. The van der Waals surface area contributed by atoms with Crippen LogP contribution >= 0.6 is 24.0 Å². The van der Waals surface area contributed by atoms with E-state index in [0.29, 0.717) is 11.2 Å². The van der Waals surface area contributed by atoms with Crippen molar-refractivity contribution in [3.8, 4) is 0 Å². The van der Waals surface area contributed by atoms with Crippen LogP contribution in [0.2, 0.25) is 0 Å². The quantitative estimate of drug-likeness (QED) is 0.319. The molecule has 1 aromatic carbocycles. The molecule has 34 heavy (non-hydrogen) atoms. The third-order valence-corrected chi connectivity index (χ3v) is 6.49. The van der Waals surface area contributed by atoms with Gasteiger partial charge in [0.05, 0.1) is 23.0 Å². The lowest BCUT2D eigenvalue weighted by Crippen LogP contribution is -2.30. The number of carbonyl (C=O) groups is 2. The fourth-order valence-corrected chi connectivity index (χ4v) is 4.68. The molecule has 1 saturated heterocycles. The Kier molecular flexibility index (Phi) is 7.06. The Morgan fingerprint density at radius 3 is 2.65 bits per heavy atom. The lowest BCUT2D eigenvalue weighted by molar-refractivity contribution is -0.137. The third-order valence-electron chi connectivity index (χ3n) is 5.11. The first-order chi connectivity index (χ1) is 16.3. The van der Waals surface area contributed by atoms with Gasteiger partial charge in [-0.15, -0.1) is 0 Å². The Bertz CT molecular complexity index is 1360. The van der Waals surface area contributed by atoms with Crippen LogP contribution in [-0.2, 0) is 9.59 Å². The fourth-order valence-electron chi connectivity index (χ4n) is 3.39. The molecule has 11 heteroatoms. The van der Waals surface area contributed by atoms with Crippen molar-refractivity contribution in [1.29, 1.82) is 0 Å². The number of nitrogens with zero attached hydrogens (tertiary/aromatic N) is 3. The molecule has 9 nitrogen and oxygen atoms in total. The number of benzene rings is 1. The smallest absolute Gasteiger partial charge is 0.305 e. The predicted molar refractivity (Wildman–Crippen MR) is 133 cm³/mol. The van der Waals surface area contributed by atoms with Crippen LogP contribution in [0, 0.1) is 0 Å². The van der Waals surface area contributed by atoms with Crippen molar-refractivity contribution in [3.05, 3.63) is 81.1 Å². The van der Waals surface area contributed by atoms with E-state index in [0.717, 1.165) is 11.8 Å². The average molecular weight is 497 g/mol.